The normalized spacial score (nSPS) is 44.1. The molecule has 0 saturated carbocycles. The Morgan fingerprint density at radius 3 is 2.21 bits per heavy atom. The van der Waals surface area contributed by atoms with Crippen molar-refractivity contribution in [3.63, 3.8) is 0 Å². The number of aliphatic hydroxyl groups is 5. The van der Waals surface area contributed by atoms with Gasteiger partial charge in [-0.3, -0.25) is 14.6 Å². The van der Waals surface area contributed by atoms with Crippen molar-refractivity contribution in [2.24, 2.45) is 23.7 Å². The number of aryl methyl sites for hydroxylation is 1. The molecule has 0 bridgehead atoms. The predicted molar refractivity (Wildman–Crippen MR) is 229 cm³/mol. The molecule has 358 valence electrons. The minimum atomic E-state index is -1.93. The first-order chi connectivity index (χ1) is 28.8. The third-order valence-corrected chi connectivity index (χ3v) is 14.0. The van der Waals surface area contributed by atoms with Crippen molar-refractivity contribution in [2.75, 3.05) is 27.7 Å². The number of hydrogen-bond donors (Lipinski definition) is 7. The van der Waals surface area contributed by atoms with Crippen LogP contribution in [-0.2, 0) is 39.8 Å². The monoisotopic (exact) mass is 887 g/mol. The van der Waals surface area contributed by atoms with Crippen LogP contribution in [-0.4, -0.2) is 164 Å². The number of ether oxygens (including phenoxy) is 6. The average molecular weight is 887 g/mol. The van der Waals surface area contributed by atoms with E-state index in [1.807, 2.05) is 32.8 Å². The Labute approximate surface area is 366 Å². The number of carbonyl (C=O) groups is 1. The number of nitrogens with one attached hydrogen (secondary N) is 2. The molecule has 2 unspecified atom stereocenters. The lowest BCUT2D eigenvalue weighted by molar-refractivity contribution is -0.318. The van der Waals surface area contributed by atoms with Crippen LogP contribution in [0.15, 0.2) is 21.9 Å². The van der Waals surface area contributed by atoms with Crippen molar-refractivity contribution in [3.8, 4) is 0 Å². The van der Waals surface area contributed by atoms with Crippen LogP contribution in [0.2, 0.25) is 0 Å². The van der Waals surface area contributed by atoms with Crippen LogP contribution < -0.4 is 16.6 Å². The highest BCUT2D eigenvalue weighted by atomic mass is 16.7. The Morgan fingerprint density at radius 2 is 1.61 bits per heavy atom. The molecule has 3 aliphatic heterocycles. The molecule has 0 aromatic carbocycles. The summed E-state index contributed by atoms with van der Waals surface area (Å²) in [4.78, 5) is 42.6. The summed E-state index contributed by atoms with van der Waals surface area (Å²) in [5, 5.41) is 63.3. The highest BCUT2D eigenvalue weighted by Crippen LogP contribution is 2.41. The third kappa shape index (κ3) is 11.9. The van der Waals surface area contributed by atoms with Gasteiger partial charge >= 0.3 is 11.7 Å². The van der Waals surface area contributed by atoms with Gasteiger partial charge in [0.25, 0.3) is 5.56 Å². The van der Waals surface area contributed by atoms with Crippen molar-refractivity contribution in [3.05, 3.63) is 33.1 Å². The molecule has 0 spiro atoms. The molecule has 0 amide bonds. The van der Waals surface area contributed by atoms with Gasteiger partial charge in [0.1, 0.15) is 23.9 Å². The fraction of sp³-hybridized carbons (Fsp3) is 0.886. The number of aromatic amines is 1. The third-order valence-electron chi connectivity index (χ3n) is 14.0. The topological polar surface area (TPSA) is 244 Å². The number of hydrogen-bond acceptors (Lipinski definition) is 16. The Kier molecular flexibility index (Phi) is 18.0. The van der Waals surface area contributed by atoms with Crippen molar-refractivity contribution < 1.29 is 58.7 Å². The second-order valence-electron chi connectivity index (χ2n) is 19.4. The second kappa shape index (κ2) is 21.3. The van der Waals surface area contributed by atoms with E-state index in [9.17, 15) is 39.9 Å². The highest BCUT2D eigenvalue weighted by molar-refractivity contribution is 5.73. The lowest BCUT2D eigenvalue weighted by atomic mass is 9.72. The van der Waals surface area contributed by atoms with E-state index in [0.29, 0.717) is 19.4 Å². The summed E-state index contributed by atoms with van der Waals surface area (Å²) in [6, 6.07) is 0.365. The van der Waals surface area contributed by atoms with Gasteiger partial charge in [-0.25, -0.2) is 4.79 Å². The zero-order chi connectivity index (χ0) is 46.6. The minimum absolute atomic E-state index is 0.0569. The van der Waals surface area contributed by atoms with Crippen LogP contribution in [0.25, 0.3) is 0 Å². The zero-order valence-corrected chi connectivity index (χ0v) is 39.1. The number of aromatic nitrogens is 2. The lowest BCUT2D eigenvalue weighted by Gasteiger charge is -2.49. The second-order valence-corrected chi connectivity index (χ2v) is 19.4. The van der Waals surface area contributed by atoms with E-state index >= 15 is 0 Å². The molecule has 3 fully saturated rings. The SMILES string of the molecule is CCC1OC(=O)[C@H](C)C(O[C@H]2C[C@@](C)(OC)[C@@H](O)[C@H](C)O2)[C@H](C)[C@@H](O[C@@H]2O[C@H](C)C[C@H](N(C)C)[C@H]2O)[C@](C)(O)C[C@@H](C)[C@H](NCCCn2ccc(=O)[nH]c2=O)[C@H](C)[C@@H](O)[C@]1(C)O. The molecular weight excluding hydrogens is 808 g/mol. The van der Waals surface area contributed by atoms with Gasteiger partial charge in [0, 0.05) is 56.3 Å². The molecule has 18 heteroatoms. The van der Waals surface area contributed by atoms with Gasteiger partial charge in [-0.15, -0.1) is 0 Å². The van der Waals surface area contributed by atoms with E-state index in [1.165, 1.54) is 30.9 Å². The molecule has 0 radical (unpaired) electrons. The van der Waals surface area contributed by atoms with Crippen molar-refractivity contribution >= 4 is 5.97 Å². The number of carbonyl (C=O) groups excluding carboxylic acids is 1. The molecule has 1 aromatic rings. The fourth-order valence-corrected chi connectivity index (χ4v) is 10.1. The number of nitrogens with zero attached hydrogens (tertiary/aromatic N) is 2. The first-order valence-electron chi connectivity index (χ1n) is 22.3. The van der Waals surface area contributed by atoms with Crippen LogP contribution in [0.4, 0.5) is 0 Å². The molecule has 1 aromatic heterocycles. The zero-order valence-electron chi connectivity index (χ0n) is 39.1. The van der Waals surface area contributed by atoms with E-state index in [2.05, 4.69) is 10.3 Å². The Morgan fingerprint density at radius 1 is 0.952 bits per heavy atom. The summed E-state index contributed by atoms with van der Waals surface area (Å²) in [7, 11) is 5.21. The molecule has 4 heterocycles. The van der Waals surface area contributed by atoms with E-state index < -0.39 is 119 Å². The van der Waals surface area contributed by atoms with E-state index in [1.54, 1.807) is 48.5 Å². The van der Waals surface area contributed by atoms with Crippen LogP contribution in [0, 0.1) is 23.7 Å². The molecule has 0 aliphatic carbocycles. The maximum absolute atomic E-state index is 14.4. The van der Waals surface area contributed by atoms with Gasteiger partial charge in [-0.2, -0.15) is 0 Å². The van der Waals surface area contributed by atoms with E-state index in [0.717, 1.165) is 0 Å². The summed E-state index contributed by atoms with van der Waals surface area (Å²) in [5.74, 6) is -3.76. The van der Waals surface area contributed by atoms with Crippen molar-refractivity contribution in [1.29, 1.82) is 0 Å². The van der Waals surface area contributed by atoms with Crippen molar-refractivity contribution in [2.45, 2.75) is 198 Å². The molecule has 18 nitrogen and oxygen atoms in total. The number of likely N-dealkylation sites (N-methyl/N-ethyl adjacent to an activating group) is 1. The summed E-state index contributed by atoms with van der Waals surface area (Å²) < 4.78 is 39.2. The first-order valence-corrected chi connectivity index (χ1v) is 22.3. The molecule has 7 N–H and O–H groups in total. The number of methoxy groups -OCH3 is 1. The van der Waals surface area contributed by atoms with Crippen LogP contribution in [0.3, 0.4) is 0 Å². The van der Waals surface area contributed by atoms with Gasteiger partial charge < -0.3 is 68.7 Å². The molecule has 62 heavy (non-hydrogen) atoms. The largest absolute Gasteiger partial charge is 0.459 e. The smallest absolute Gasteiger partial charge is 0.328 e. The van der Waals surface area contributed by atoms with E-state index in [-0.39, 0.29) is 38.0 Å². The van der Waals surface area contributed by atoms with Gasteiger partial charge in [0.15, 0.2) is 12.6 Å². The Hall–Kier alpha value is -2.33. The number of H-pyrrole nitrogens is 1. The van der Waals surface area contributed by atoms with Gasteiger partial charge in [0.05, 0.1) is 47.6 Å². The summed E-state index contributed by atoms with van der Waals surface area (Å²) in [5.41, 5.74) is -5.76. The van der Waals surface area contributed by atoms with Crippen molar-refractivity contribution in [1.82, 2.24) is 19.8 Å². The number of aliphatic hydroxyl groups excluding tert-OH is 3. The molecule has 19 atom stereocenters. The highest BCUT2D eigenvalue weighted by Gasteiger charge is 2.53. The molecule has 3 aliphatic rings. The quantitative estimate of drug-likeness (QED) is 0.115. The number of cyclic esters (lactones) is 1. The standard InChI is InChI=1S/C44H78N4O14/c1-14-30-44(10,56)36(51)25(4)33(45-17-15-18-48-19-16-31(49)46-41(48)54)23(2)21-42(8,55)38(62-40-34(50)29(47(11)12)20-24(3)58-40)26(5)35(27(6)39(53)60-30)61-32-22-43(9,57-13)37(52)28(7)59-32/h16,19,23-30,32-38,40,45,50-52,55-56H,14-15,17-18,20-22H2,1-13H3,(H,46,49,54)/t23-,24-,25+,26+,27-,28+,29+,30?,32+,33+,34-,35?,36-,37+,38-,40+,42-,43-,44-/m1/s1. The summed E-state index contributed by atoms with van der Waals surface area (Å²) in [6.45, 7) is 17.9. The van der Waals surface area contributed by atoms with Crippen LogP contribution in [0.1, 0.15) is 101 Å². The first kappa shape index (κ1) is 52.3. The number of esters is 1. The average Bonchev–Trinajstić information content (AvgIpc) is 3.19. The maximum Gasteiger partial charge on any atom is 0.328 e. The van der Waals surface area contributed by atoms with Gasteiger partial charge in [-0.1, -0.05) is 27.7 Å². The Balaban J connectivity index is 1.81. The van der Waals surface area contributed by atoms with E-state index in [4.69, 9.17) is 28.4 Å². The minimum Gasteiger partial charge on any atom is -0.459 e. The summed E-state index contributed by atoms with van der Waals surface area (Å²) >= 11 is 0. The van der Waals surface area contributed by atoms with Crippen LogP contribution in [0.5, 0.6) is 0 Å². The summed E-state index contributed by atoms with van der Waals surface area (Å²) in [6.07, 6.45) is -7.45. The van der Waals surface area contributed by atoms with Crippen LogP contribution >= 0.6 is 0 Å². The fourth-order valence-electron chi connectivity index (χ4n) is 10.1. The maximum atomic E-state index is 14.4. The Bertz CT molecular complexity index is 1710. The molecular formula is C44H78N4O14. The number of rotatable bonds is 12. The van der Waals surface area contributed by atoms with Gasteiger partial charge in [0.2, 0.25) is 0 Å². The lowest BCUT2D eigenvalue weighted by Crippen LogP contribution is -2.62. The predicted octanol–water partition coefficient (Wildman–Crippen LogP) is 1.12. The molecule has 4 rings (SSSR count). The molecule has 3 saturated heterocycles. The van der Waals surface area contributed by atoms with Gasteiger partial charge in [-0.05, 0) is 93.8 Å².